The van der Waals surface area contributed by atoms with Gasteiger partial charge in [-0.05, 0) is 31.0 Å². The first kappa shape index (κ1) is 14.1. The number of carbonyl (C=O) groups is 1. The lowest BCUT2D eigenvalue weighted by Crippen LogP contribution is -2.33. The van der Waals surface area contributed by atoms with E-state index in [-0.39, 0.29) is 11.9 Å². The Labute approximate surface area is 107 Å². The third kappa shape index (κ3) is 5.24. The van der Waals surface area contributed by atoms with Gasteiger partial charge in [-0.1, -0.05) is 19.1 Å². The highest BCUT2D eigenvalue weighted by Crippen LogP contribution is 2.18. The summed E-state index contributed by atoms with van der Waals surface area (Å²) in [4.78, 5) is 12.7. The number of amides is 1. The van der Waals surface area contributed by atoms with E-state index in [1.165, 1.54) is 0 Å². The molecule has 1 atom stereocenters. The molecule has 0 saturated heterocycles. The van der Waals surface area contributed by atoms with E-state index in [0.29, 0.717) is 12.3 Å². The molecule has 0 heterocycles. The zero-order chi connectivity index (χ0) is 12.7. The van der Waals surface area contributed by atoms with Crippen LogP contribution in [0, 0.1) is 0 Å². The van der Waals surface area contributed by atoms with Crippen LogP contribution in [0.15, 0.2) is 29.2 Å². The van der Waals surface area contributed by atoms with Crippen LogP contribution in [0.5, 0.6) is 0 Å². The molecular formula is C13H20N2OS. The van der Waals surface area contributed by atoms with Crippen molar-refractivity contribution in [3.8, 4) is 0 Å². The van der Waals surface area contributed by atoms with Gasteiger partial charge in [0.25, 0.3) is 0 Å². The molecule has 4 heteroatoms. The normalized spacial score (nSPS) is 12.2. The quantitative estimate of drug-likeness (QED) is 0.763. The molecule has 1 aromatic rings. The molecule has 0 bridgehead atoms. The van der Waals surface area contributed by atoms with Crippen molar-refractivity contribution < 1.29 is 4.79 Å². The summed E-state index contributed by atoms with van der Waals surface area (Å²) in [6, 6.07) is 8.25. The highest BCUT2D eigenvalue weighted by Gasteiger charge is 2.05. The lowest BCUT2D eigenvalue weighted by molar-refractivity contribution is -0.119. The molecule has 0 saturated carbocycles. The summed E-state index contributed by atoms with van der Waals surface area (Å²) in [5.41, 5.74) is 6.63. The first-order valence-corrected chi connectivity index (χ1v) is 6.85. The van der Waals surface area contributed by atoms with Crippen LogP contribution in [0.2, 0.25) is 0 Å². The molecule has 3 nitrogen and oxygen atoms in total. The van der Waals surface area contributed by atoms with Crippen LogP contribution in [0.3, 0.4) is 0 Å². The molecule has 0 fully saturated rings. The van der Waals surface area contributed by atoms with Crippen LogP contribution >= 0.6 is 11.8 Å². The first-order valence-electron chi connectivity index (χ1n) is 5.87. The number of hydrogen-bond acceptors (Lipinski definition) is 3. The molecule has 3 N–H and O–H groups in total. The number of carbonyl (C=O) groups excluding carboxylic acids is 1. The fourth-order valence-electron chi connectivity index (χ4n) is 1.29. The van der Waals surface area contributed by atoms with Crippen LogP contribution in [0.4, 0.5) is 0 Å². The highest BCUT2D eigenvalue weighted by molar-refractivity contribution is 8.00. The monoisotopic (exact) mass is 252 g/mol. The first-order chi connectivity index (χ1) is 8.15. The molecule has 0 spiro atoms. The molecular weight excluding hydrogens is 232 g/mol. The largest absolute Gasteiger partial charge is 0.353 e. The van der Waals surface area contributed by atoms with Gasteiger partial charge in [-0.25, -0.2) is 0 Å². The summed E-state index contributed by atoms with van der Waals surface area (Å²) in [7, 11) is 0. The van der Waals surface area contributed by atoms with Crippen molar-refractivity contribution in [2.45, 2.75) is 37.8 Å². The second kappa shape index (κ2) is 7.35. The third-order valence-electron chi connectivity index (χ3n) is 2.55. The Kier molecular flexibility index (Phi) is 6.08. The van der Waals surface area contributed by atoms with Gasteiger partial charge in [0, 0.05) is 17.5 Å². The van der Waals surface area contributed by atoms with Crippen molar-refractivity contribution >= 4 is 17.7 Å². The minimum absolute atomic E-state index is 0.0900. The van der Waals surface area contributed by atoms with Gasteiger partial charge in [-0.15, -0.1) is 11.8 Å². The zero-order valence-electron chi connectivity index (χ0n) is 10.4. The average Bonchev–Trinajstić information content (AvgIpc) is 2.36. The van der Waals surface area contributed by atoms with Crippen molar-refractivity contribution in [3.05, 3.63) is 29.8 Å². The second-order valence-corrected chi connectivity index (χ2v) is 5.06. The van der Waals surface area contributed by atoms with Gasteiger partial charge in [0.05, 0.1) is 5.75 Å². The van der Waals surface area contributed by atoms with Gasteiger partial charge in [0.15, 0.2) is 0 Å². The Hall–Kier alpha value is -1.00. The fourth-order valence-corrected chi connectivity index (χ4v) is 2.00. The van der Waals surface area contributed by atoms with Crippen LogP contribution in [-0.2, 0) is 11.3 Å². The van der Waals surface area contributed by atoms with Gasteiger partial charge < -0.3 is 11.1 Å². The van der Waals surface area contributed by atoms with E-state index < -0.39 is 0 Å². The topological polar surface area (TPSA) is 55.1 Å². The van der Waals surface area contributed by atoms with Crippen molar-refractivity contribution in [2.75, 3.05) is 5.75 Å². The van der Waals surface area contributed by atoms with E-state index in [9.17, 15) is 4.79 Å². The van der Waals surface area contributed by atoms with Gasteiger partial charge in [0.1, 0.15) is 0 Å². The van der Waals surface area contributed by atoms with Gasteiger partial charge in [0.2, 0.25) is 5.91 Å². The molecule has 0 radical (unpaired) electrons. The number of nitrogens with two attached hydrogens (primary N) is 1. The van der Waals surface area contributed by atoms with E-state index >= 15 is 0 Å². The molecule has 1 aromatic carbocycles. The highest BCUT2D eigenvalue weighted by atomic mass is 32.2. The summed E-state index contributed by atoms with van der Waals surface area (Å²) in [5, 5.41) is 2.94. The van der Waals surface area contributed by atoms with E-state index in [2.05, 4.69) is 12.2 Å². The maximum absolute atomic E-state index is 11.6. The Bertz CT molecular complexity index is 351. The Morgan fingerprint density at radius 1 is 1.41 bits per heavy atom. The molecule has 94 valence electrons. The summed E-state index contributed by atoms with van der Waals surface area (Å²) in [6.07, 6.45) is 0.960. The van der Waals surface area contributed by atoms with Crippen LogP contribution < -0.4 is 11.1 Å². The van der Waals surface area contributed by atoms with E-state index in [0.717, 1.165) is 16.9 Å². The lowest BCUT2D eigenvalue weighted by atomic mass is 10.2. The minimum atomic E-state index is 0.0900. The SMILES string of the molecule is CCC(C)NC(=O)CSc1ccc(CN)cc1. The van der Waals surface area contributed by atoms with Gasteiger partial charge in [-0.2, -0.15) is 0 Å². The number of benzene rings is 1. The molecule has 0 aliphatic carbocycles. The maximum Gasteiger partial charge on any atom is 0.230 e. The lowest BCUT2D eigenvalue weighted by Gasteiger charge is -2.10. The molecule has 1 unspecified atom stereocenters. The number of rotatable bonds is 6. The van der Waals surface area contributed by atoms with Crippen molar-refractivity contribution in [3.63, 3.8) is 0 Å². The zero-order valence-corrected chi connectivity index (χ0v) is 11.2. The number of thioether (sulfide) groups is 1. The molecule has 17 heavy (non-hydrogen) atoms. The molecule has 0 aliphatic rings. The van der Waals surface area contributed by atoms with Crippen molar-refractivity contribution in [2.24, 2.45) is 5.73 Å². The summed E-state index contributed by atoms with van der Waals surface area (Å²) in [6.45, 7) is 4.63. The predicted molar refractivity (Wildman–Crippen MR) is 73.0 cm³/mol. The van der Waals surface area contributed by atoms with E-state index in [1.54, 1.807) is 11.8 Å². The molecule has 0 aromatic heterocycles. The average molecular weight is 252 g/mol. The third-order valence-corrected chi connectivity index (χ3v) is 3.56. The van der Waals surface area contributed by atoms with Crippen LogP contribution in [0.1, 0.15) is 25.8 Å². The van der Waals surface area contributed by atoms with Crippen molar-refractivity contribution in [1.82, 2.24) is 5.32 Å². The van der Waals surface area contributed by atoms with Crippen molar-refractivity contribution in [1.29, 1.82) is 0 Å². The smallest absolute Gasteiger partial charge is 0.230 e. The second-order valence-electron chi connectivity index (χ2n) is 4.01. The van der Waals surface area contributed by atoms with Gasteiger partial charge >= 0.3 is 0 Å². The molecule has 1 rings (SSSR count). The van der Waals surface area contributed by atoms with Gasteiger partial charge in [-0.3, -0.25) is 4.79 Å². The Balaban J connectivity index is 2.36. The molecule has 0 aliphatic heterocycles. The fraction of sp³-hybridized carbons (Fsp3) is 0.462. The molecule has 1 amide bonds. The van der Waals surface area contributed by atoms with Crippen LogP contribution in [0.25, 0.3) is 0 Å². The summed E-state index contributed by atoms with van der Waals surface area (Å²) >= 11 is 1.55. The van der Waals surface area contributed by atoms with E-state index in [1.807, 2.05) is 31.2 Å². The predicted octanol–water partition coefficient (Wildman–Crippen LogP) is 2.15. The van der Waals surface area contributed by atoms with Crippen LogP contribution in [-0.4, -0.2) is 17.7 Å². The standard InChI is InChI=1S/C13H20N2OS/c1-3-10(2)15-13(16)9-17-12-6-4-11(8-14)5-7-12/h4-7,10H,3,8-9,14H2,1-2H3,(H,15,16). The Morgan fingerprint density at radius 2 is 2.06 bits per heavy atom. The summed E-state index contributed by atoms with van der Waals surface area (Å²) < 4.78 is 0. The number of hydrogen-bond donors (Lipinski definition) is 2. The Morgan fingerprint density at radius 3 is 2.59 bits per heavy atom. The minimum Gasteiger partial charge on any atom is -0.353 e. The maximum atomic E-state index is 11.6. The summed E-state index contributed by atoms with van der Waals surface area (Å²) in [5.74, 6) is 0.555. The van der Waals surface area contributed by atoms with E-state index in [4.69, 9.17) is 5.73 Å². The number of nitrogens with one attached hydrogen (secondary N) is 1.